The van der Waals surface area contributed by atoms with Crippen LogP contribution < -0.4 is 5.32 Å². The van der Waals surface area contributed by atoms with E-state index in [2.05, 4.69) is 23.6 Å². The summed E-state index contributed by atoms with van der Waals surface area (Å²) in [5.74, 6) is -0.0810. The van der Waals surface area contributed by atoms with Gasteiger partial charge < -0.3 is 10.1 Å². The van der Waals surface area contributed by atoms with E-state index in [4.69, 9.17) is 9.84 Å². The summed E-state index contributed by atoms with van der Waals surface area (Å²) in [5, 5.41) is 7.75. The summed E-state index contributed by atoms with van der Waals surface area (Å²) in [4.78, 5) is 12.5. The van der Waals surface area contributed by atoms with Gasteiger partial charge in [-0.2, -0.15) is 5.10 Å². The summed E-state index contributed by atoms with van der Waals surface area (Å²) in [6, 6.07) is 16.0. The predicted octanol–water partition coefficient (Wildman–Crippen LogP) is 3.59. The molecule has 0 fully saturated rings. The zero-order valence-electron chi connectivity index (χ0n) is 16.3. The van der Waals surface area contributed by atoms with E-state index in [0.29, 0.717) is 18.7 Å². The van der Waals surface area contributed by atoms with Crippen molar-refractivity contribution in [1.82, 2.24) is 15.1 Å². The van der Waals surface area contributed by atoms with Crippen molar-refractivity contribution in [1.29, 1.82) is 0 Å². The van der Waals surface area contributed by atoms with Crippen LogP contribution in [0.5, 0.6) is 0 Å². The van der Waals surface area contributed by atoms with E-state index in [1.54, 1.807) is 0 Å². The number of ether oxygens (including phenoxy) is 1. The lowest BCUT2D eigenvalue weighted by molar-refractivity contribution is 0.0383. The summed E-state index contributed by atoms with van der Waals surface area (Å²) < 4.78 is 7.87. The number of nitrogens with one attached hydrogen (secondary N) is 1. The molecule has 1 unspecified atom stereocenters. The molecule has 5 heteroatoms. The van der Waals surface area contributed by atoms with Gasteiger partial charge in [0.2, 0.25) is 0 Å². The highest BCUT2D eigenvalue weighted by Crippen LogP contribution is 2.25. The van der Waals surface area contributed by atoms with Gasteiger partial charge in [0.1, 0.15) is 6.10 Å². The van der Waals surface area contributed by atoms with Gasteiger partial charge in [0, 0.05) is 18.3 Å². The third-order valence-electron chi connectivity index (χ3n) is 5.27. The van der Waals surface area contributed by atoms with E-state index >= 15 is 0 Å². The first-order chi connectivity index (χ1) is 13.6. The molecule has 0 bridgehead atoms. The molecule has 1 aliphatic heterocycles. The highest BCUT2D eigenvalue weighted by molar-refractivity contribution is 5.94. The fraction of sp³-hybridized carbons (Fsp3) is 0.304. The largest absolute Gasteiger partial charge is 0.370 e. The minimum absolute atomic E-state index is 0.0810. The van der Waals surface area contributed by atoms with E-state index in [9.17, 15) is 4.79 Å². The maximum Gasteiger partial charge on any atom is 0.251 e. The molecule has 4 rings (SSSR count). The molecule has 2 heterocycles. The molecule has 28 heavy (non-hydrogen) atoms. The zero-order chi connectivity index (χ0) is 19.5. The molecule has 0 saturated heterocycles. The summed E-state index contributed by atoms with van der Waals surface area (Å²) >= 11 is 0. The number of nitrogens with zero attached hydrogens (tertiary/aromatic N) is 2. The maximum absolute atomic E-state index is 12.5. The molecule has 5 nitrogen and oxygen atoms in total. The Balaban J connectivity index is 1.44. The van der Waals surface area contributed by atoms with Crippen LogP contribution in [0.25, 0.3) is 0 Å². The minimum Gasteiger partial charge on any atom is -0.370 e. The standard InChI is InChI=1S/C23H25N3O2/c1-16-8-9-19(12-17(16)2)23(27)24-13-21-22-20(10-11-28-21)15-26(25-22)14-18-6-4-3-5-7-18/h3-9,12,15,21H,10-11,13-14H2,1-2H3,(H,24,27). The second-order valence-electron chi connectivity index (χ2n) is 7.34. The quantitative estimate of drug-likeness (QED) is 0.741. The number of fused-ring (bicyclic) bond motifs is 1. The smallest absolute Gasteiger partial charge is 0.251 e. The van der Waals surface area contributed by atoms with Crippen molar-refractivity contribution in [3.63, 3.8) is 0 Å². The van der Waals surface area contributed by atoms with Crippen LogP contribution in [0.3, 0.4) is 0 Å². The molecule has 1 aliphatic rings. The van der Waals surface area contributed by atoms with Crippen molar-refractivity contribution in [2.45, 2.75) is 32.9 Å². The van der Waals surface area contributed by atoms with E-state index in [0.717, 1.165) is 24.2 Å². The van der Waals surface area contributed by atoms with Crippen LogP contribution in [0.15, 0.2) is 54.7 Å². The zero-order valence-corrected chi connectivity index (χ0v) is 16.3. The van der Waals surface area contributed by atoms with Gasteiger partial charge in [-0.3, -0.25) is 9.48 Å². The Morgan fingerprint density at radius 1 is 1.18 bits per heavy atom. The molecule has 1 amide bonds. The molecule has 2 aromatic carbocycles. The number of rotatable bonds is 5. The Kier molecular flexibility index (Phi) is 5.26. The van der Waals surface area contributed by atoms with Gasteiger partial charge in [0.25, 0.3) is 5.91 Å². The number of carbonyl (C=O) groups is 1. The van der Waals surface area contributed by atoms with Crippen molar-refractivity contribution in [2.24, 2.45) is 0 Å². The molecule has 0 aliphatic carbocycles. The van der Waals surface area contributed by atoms with Gasteiger partial charge in [-0.15, -0.1) is 0 Å². The molecular formula is C23H25N3O2. The van der Waals surface area contributed by atoms with Gasteiger partial charge in [0.05, 0.1) is 18.8 Å². The number of carbonyl (C=O) groups excluding carboxylic acids is 1. The van der Waals surface area contributed by atoms with Crippen LogP contribution in [0.1, 0.15) is 44.4 Å². The van der Waals surface area contributed by atoms with Crippen LogP contribution in [0, 0.1) is 13.8 Å². The summed E-state index contributed by atoms with van der Waals surface area (Å²) in [5.41, 5.74) is 6.32. The first-order valence-corrected chi connectivity index (χ1v) is 9.67. The monoisotopic (exact) mass is 375 g/mol. The fourth-order valence-electron chi connectivity index (χ4n) is 3.51. The summed E-state index contributed by atoms with van der Waals surface area (Å²) in [7, 11) is 0. The normalized spacial score (nSPS) is 15.9. The average molecular weight is 375 g/mol. The molecule has 0 spiro atoms. The summed E-state index contributed by atoms with van der Waals surface area (Å²) in [6.45, 7) is 5.85. The van der Waals surface area contributed by atoms with Crippen LogP contribution in [0.4, 0.5) is 0 Å². The molecule has 1 atom stereocenters. The van der Waals surface area contributed by atoms with E-state index in [1.165, 1.54) is 16.7 Å². The first-order valence-electron chi connectivity index (χ1n) is 9.67. The van der Waals surface area contributed by atoms with Crippen molar-refractivity contribution >= 4 is 5.91 Å². The predicted molar refractivity (Wildman–Crippen MR) is 108 cm³/mol. The van der Waals surface area contributed by atoms with E-state index in [-0.39, 0.29) is 12.0 Å². The molecular weight excluding hydrogens is 350 g/mol. The molecule has 0 saturated carbocycles. The van der Waals surface area contributed by atoms with E-state index in [1.807, 2.05) is 54.9 Å². The summed E-state index contributed by atoms with van der Waals surface area (Å²) in [6.07, 6.45) is 2.74. The lowest BCUT2D eigenvalue weighted by atomic mass is 10.0. The third-order valence-corrected chi connectivity index (χ3v) is 5.27. The van der Waals surface area contributed by atoms with Gasteiger partial charge in [0.15, 0.2) is 0 Å². The second kappa shape index (κ2) is 7.98. The lowest BCUT2D eigenvalue weighted by Crippen LogP contribution is -2.32. The van der Waals surface area contributed by atoms with Gasteiger partial charge >= 0.3 is 0 Å². The average Bonchev–Trinajstić information content (AvgIpc) is 3.12. The highest BCUT2D eigenvalue weighted by atomic mass is 16.5. The van der Waals surface area contributed by atoms with Gasteiger partial charge in [-0.25, -0.2) is 0 Å². The van der Waals surface area contributed by atoms with Crippen LogP contribution >= 0.6 is 0 Å². The molecule has 1 N–H and O–H groups in total. The van der Waals surface area contributed by atoms with Gasteiger partial charge in [-0.1, -0.05) is 36.4 Å². The molecule has 3 aromatic rings. The Morgan fingerprint density at radius 2 is 2.00 bits per heavy atom. The van der Waals surface area contributed by atoms with Crippen LogP contribution in [-0.2, 0) is 17.7 Å². The van der Waals surface area contributed by atoms with E-state index < -0.39 is 0 Å². The second-order valence-corrected chi connectivity index (χ2v) is 7.34. The van der Waals surface area contributed by atoms with Crippen LogP contribution in [0.2, 0.25) is 0 Å². The molecule has 144 valence electrons. The number of amides is 1. The number of aryl methyl sites for hydroxylation is 2. The topological polar surface area (TPSA) is 56.1 Å². The number of benzene rings is 2. The molecule has 0 radical (unpaired) electrons. The Morgan fingerprint density at radius 3 is 2.79 bits per heavy atom. The third kappa shape index (κ3) is 3.99. The number of hydrogen-bond acceptors (Lipinski definition) is 3. The van der Waals surface area contributed by atoms with Crippen molar-refractivity contribution in [3.8, 4) is 0 Å². The minimum atomic E-state index is -0.212. The highest BCUT2D eigenvalue weighted by Gasteiger charge is 2.25. The maximum atomic E-state index is 12.5. The van der Waals surface area contributed by atoms with Crippen molar-refractivity contribution in [2.75, 3.05) is 13.2 Å². The molecule has 1 aromatic heterocycles. The van der Waals surface area contributed by atoms with Gasteiger partial charge in [-0.05, 0) is 54.7 Å². The Bertz CT molecular complexity index is 979. The SMILES string of the molecule is Cc1ccc(C(=O)NCC2OCCc3cn(Cc4ccccc4)nc32)cc1C. The number of hydrogen-bond donors (Lipinski definition) is 1. The van der Waals surface area contributed by atoms with Crippen molar-refractivity contribution < 1.29 is 9.53 Å². The number of aromatic nitrogens is 2. The Labute approximate surface area is 165 Å². The Hall–Kier alpha value is -2.92. The fourth-order valence-corrected chi connectivity index (χ4v) is 3.51. The first kappa shape index (κ1) is 18.4. The lowest BCUT2D eigenvalue weighted by Gasteiger charge is -2.22. The van der Waals surface area contributed by atoms with Crippen LogP contribution in [-0.4, -0.2) is 28.8 Å². The van der Waals surface area contributed by atoms with Crippen molar-refractivity contribution in [3.05, 3.63) is 88.2 Å².